The van der Waals surface area contributed by atoms with Gasteiger partial charge in [-0.25, -0.2) is 0 Å². The number of aryl methyl sites for hydroxylation is 3. The Bertz CT molecular complexity index is 2310. The van der Waals surface area contributed by atoms with Crippen molar-refractivity contribution < 1.29 is 25.6 Å². The van der Waals surface area contributed by atoms with E-state index in [1.807, 2.05) is 0 Å². The number of benzene rings is 4. The van der Waals surface area contributed by atoms with Crippen molar-refractivity contribution in [1.29, 1.82) is 0 Å². The van der Waals surface area contributed by atoms with E-state index in [4.69, 9.17) is 21.8 Å². The zero-order chi connectivity index (χ0) is 37.8. The molecule has 0 spiro atoms. The van der Waals surface area contributed by atoms with Crippen LogP contribution >= 0.6 is 17.0 Å². The van der Waals surface area contributed by atoms with E-state index < -0.39 is 28.9 Å². The summed E-state index contributed by atoms with van der Waals surface area (Å²) in [5.74, 6) is 0. The van der Waals surface area contributed by atoms with Crippen LogP contribution in [0.3, 0.4) is 0 Å². The molecule has 1 aromatic heterocycles. The Hall–Kier alpha value is -2.20. The first-order valence-corrected chi connectivity index (χ1v) is 28.8. The van der Waals surface area contributed by atoms with Crippen molar-refractivity contribution in [2.75, 3.05) is 6.61 Å². The maximum atomic E-state index is 6.10. The van der Waals surface area contributed by atoms with Crippen LogP contribution in [0.4, 0.5) is 0 Å². The van der Waals surface area contributed by atoms with E-state index in [2.05, 4.69) is 138 Å². The molecule has 6 heteroatoms. The van der Waals surface area contributed by atoms with Gasteiger partial charge in [0, 0.05) is 27.2 Å². The Morgan fingerprint density at radius 3 is 2.08 bits per heavy atom. The van der Waals surface area contributed by atoms with E-state index in [9.17, 15) is 0 Å². The number of hydrogen-bond acceptors (Lipinski definition) is 1. The molecule has 0 saturated heterocycles. The second-order valence-electron chi connectivity index (χ2n) is 16.4. The van der Waals surface area contributed by atoms with Gasteiger partial charge in [0.15, 0.2) is 0 Å². The normalized spacial score (nSPS) is 13.2. The molecule has 2 nitrogen and oxygen atoms in total. The first-order valence-electron chi connectivity index (χ1n) is 19.8. The third-order valence-electron chi connectivity index (χ3n) is 11.4. The molecule has 6 aromatic carbocycles. The van der Waals surface area contributed by atoms with Crippen molar-refractivity contribution in [2.45, 2.75) is 111 Å². The summed E-state index contributed by atoms with van der Waals surface area (Å²) in [6, 6.07) is 34.5. The first kappa shape index (κ1) is 40.5. The molecule has 1 heterocycles. The van der Waals surface area contributed by atoms with E-state index >= 15 is 0 Å². The number of unbranched alkanes of at least 4 members (excludes halogenated alkanes) is 6. The fraction of sp³-hybridized carbons (Fsp3) is 0.404. The van der Waals surface area contributed by atoms with Crippen molar-refractivity contribution in [2.24, 2.45) is 7.05 Å². The van der Waals surface area contributed by atoms with Crippen molar-refractivity contribution in [3.05, 3.63) is 96.1 Å². The van der Waals surface area contributed by atoms with E-state index in [1.165, 1.54) is 116 Å². The van der Waals surface area contributed by atoms with Crippen molar-refractivity contribution in [3.63, 3.8) is 0 Å². The Labute approximate surface area is 337 Å². The number of rotatable bonds is 14. The molecule has 7 aromatic rings. The summed E-state index contributed by atoms with van der Waals surface area (Å²) in [5, 5.41) is 15.0. The second-order valence-corrected chi connectivity index (χ2v) is 24.3. The minimum atomic E-state index is -2.39. The molecule has 1 unspecified atom stereocenters. The summed E-state index contributed by atoms with van der Waals surface area (Å²) in [6.07, 6.45) is 11.2. The molecular formula is C47H57Cl2NOSiZr. The number of nitrogens with zero attached hydrogens (tertiary/aromatic N) is 1. The number of aromatic nitrogens is 1. The van der Waals surface area contributed by atoms with Crippen LogP contribution < -0.4 is 10.4 Å². The standard InChI is InChI=1S/C47H57NOSi.2ClH.Zr/c1-8-9-10-13-20-34-26-27-36-35-21-14-16-23-38(35)45(40(36)32-34)50(7,30-19-12-11-18-29-49-47(3,4)5)46-39-24-17-15-22-37(39)44-43(46)41-31-33(2)25-28-42(41)48(44)6;;;/h14-17,21-28,31-32H,8-13,18-20,29-30H2,1-7H3;2*1H;/q-2;;;+4/p-2. The molecule has 0 N–H and O–H groups in total. The van der Waals surface area contributed by atoms with Gasteiger partial charge in [0.05, 0.1) is 5.60 Å². The maximum absolute atomic E-state index is 6.10. The van der Waals surface area contributed by atoms with Crippen molar-refractivity contribution in [3.8, 4) is 0 Å². The van der Waals surface area contributed by atoms with Gasteiger partial charge < -0.3 is 9.30 Å². The van der Waals surface area contributed by atoms with E-state index in [-0.39, 0.29) is 5.60 Å². The Kier molecular flexibility index (Phi) is 13.5. The molecule has 0 amide bonds. The van der Waals surface area contributed by atoms with Gasteiger partial charge in [-0.15, -0.1) is 55.5 Å². The average Bonchev–Trinajstić information content (AvgIpc) is 3.75. The quantitative estimate of drug-likeness (QED) is 0.0604. The second kappa shape index (κ2) is 17.7. The summed E-state index contributed by atoms with van der Waals surface area (Å²) >= 11 is -0.826. The zero-order valence-electron chi connectivity index (χ0n) is 33.0. The molecular weight excluding hydrogens is 785 g/mol. The monoisotopic (exact) mass is 839 g/mol. The van der Waals surface area contributed by atoms with Gasteiger partial charge >= 0.3 is 37.9 Å². The molecule has 278 valence electrons. The Morgan fingerprint density at radius 1 is 0.717 bits per heavy atom. The van der Waals surface area contributed by atoms with Gasteiger partial charge in [-0.3, -0.25) is 0 Å². The number of ether oxygens (including phenoxy) is 1. The molecule has 0 aliphatic rings. The molecule has 0 bridgehead atoms. The van der Waals surface area contributed by atoms with E-state index in [0.29, 0.717) is 0 Å². The Morgan fingerprint density at radius 2 is 1.36 bits per heavy atom. The van der Waals surface area contributed by atoms with Crippen LogP contribution in [0, 0.1) is 6.92 Å². The topological polar surface area (TPSA) is 14.2 Å². The predicted molar refractivity (Wildman–Crippen MR) is 235 cm³/mol. The van der Waals surface area contributed by atoms with Crippen molar-refractivity contribution >= 4 is 89.6 Å². The van der Waals surface area contributed by atoms with Crippen LogP contribution in [0.5, 0.6) is 0 Å². The molecule has 0 aliphatic carbocycles. The molecule has 7 rings (SSSR count). The number of halogens is 2. The fourth-order valence-electron chi connectivity index (χ4n) is 9.05. The summed E-state index contributed by atoms with van der Waals surface area (Å²) < 4.78 is 8.58. The van der Waals surface area contributed by atoms with Gasteiger partial charge in [-0.05, 0) is 58.5 Å². The van der Waals surface area contributed by atoms with Crippen LogP contribution in [0.25, 0.3) is 54.1 Å². The Balaban J connectivity index is 0.00000155. The van der Waals surface area contributed by atoms with Crippen LogP contribution in [0.2, 0.25) is 12.6 Å². The van der Waals surface area contributed by atoms with E-state index in [1.54, 1.807) is 10.4 Å². The molecule has 0 aliphatic heterocycles. The van der Waals surface area contributed by atoms with Crippen LogP contribution in [-0.2, 0) is 39.1 Å². The summed E-state index contributed by atoms with van der Waals surface area (Å²) in [4.78, 5) is 0. The molecule has 0 saturated carbocycles. The third kappa shape index (κ3) is 8.49. The first-order chi connectivity index (χ1) is 25.5. The predicted octanol–water partition coefficient (Wildman–Crippen LogP) is 13.6. The van der Waals surface area contributed by atoms with Gasteiger partial charge in [-0.2, -0.15) is 0 Å². The SMILES string of the molecule is CCCCCCc1ccc2c3ccccc3[c-]([Si](C)(CCCCCCOC(C)(C)C)[c-]3c4ccccc4c4c3c3cc(C)ccc3n4C)c2c1.[Cl][Zr+2][Cl]. The summed E-state index contributed by atoms with van der Waals surface area (Å²) in [5.41, 5.74) is 5.51. The van der Waals surface area contributed by atoms with Gasteiger partial charge in [0.2, 0.25) is 0 Å². The van der Waals surface area contributed by atoms with Crippen molar-refractivity contribution in [1.82, 2.24) is 4.57 Å². The fourth-order valence-corrected chi connectivity index (χ4v) is 14.0. The minimum absolute atomic E-state index is 0.0682. The van der Waals surface area contributed by atoms with Gasteiger partial charge in [0.1, 0.15) is 0 Å². The molecule has 1 atom stereocenters. The van der Waals surface area contributed by atoms with Gasteiger partial charge in [-0.1, -0.05) is 146 Å². The van der Waals surface area contributed by atoms with Crippen LogP contribution in [-0.4, -0.2) is 24.8 Å². The average molecular weight is 842 g/mol. The number of fused-ring (bicyclic) bond motifs is 8. The van der Waals surface area contributed by atoms with Gasteiger partial charge in [0.25, 0.3) is 0 Å². The van der Waals surface area contributed by atoms with Crippen LogP contribution in [0.1, 0.15) is 90.2 Å². The molecule has 0 radical (unpaired) electrons. The third-order valence-corrected chi connectivity index (χ3v) is 16.0. The summed E-state index contributed by atoms with van der Waals surface area (Å²) in [7, 11) is 9.77. The number of hydrogen-bond donors (Lipinski definition) is 0. The van der Waals surface area contributed by atoms with E-state index in [0.717, 1.165) is 19.4 Å². The summed E-state index contributed by atoms with van der Waals surface area (Å²) in [6.45, 7) is 14.6. The molecule has 0 fully saturated rings. The van der Waals surface area contributed by atoms with Crippen LogP contribution in [0.15, 0.2) is 84.9 Å². The molecule has 53 heavy (non-hydrogen) atoms. The zero-order valence-corrected chi connectivity index (χ0v) is 37.9.